The van der Waals surface area contributed by atoms with Gasteiger partial charge < -0.3 is 19.9 Å². The minimum Gasteiger partial charge on any atom is -0.476 e. The van der Waals surface area contributed by atoms with Crippen LogP contribution < -0.4 is 10.2 Å². The molecule has 0 radical (unpaired) electrons. The Morgan fingerprint density at radius 2 is 1.70 bits per heavy atom. The number of amides is 1. The maximum absolute atomic E-state index is 15.2. The van der Waals surface area contributed by atoms with E-state index in [1.54, 1.807) is 20.4 Å². The summed E-state index contributed by atoms with van der Waals surface area (Å²) in [6.07, 6.45) is -3.70. The van der Waals surface area contributed by atoms with E-state index in [1.165, 1.54) is 30.5 Å². The van der Waals surface area contributed by atoms with Crippen molar-refractivity contribution in [3.05, 3.63) is 75.8 Å². The van der Waals surface area contributed by atoms with Crippen LogP contribution in [0, 0.1) is 11.6 Å². The van der Waals surface area contributed by atoms with Crippen molar-refractivity contribution < 1.29 is 36.6 Å². The zero-order chi connectivity index (χ0) is 30.9. The molecule has 2 aliphatic heterocycles. The molecule has 2 N–H and O–H groups in total. The summed E-state index contributed by atoms with van der Waals surface area (Å²) in [5.41, 5.74) is 0.258. The van der Waals surface area contributed by atoms with Gasteiger partial charge in [0.05, 0.1) is 29.9 Å². The molecule has 0 unspecified atom stereocenters. The number of rotatable bonds is 8. The number of imidazole rings is 1. The van der Waals surface area contributed by atoms with Gasteiger partial charge in [-0.15, -0.1) is 0 Å². The fourth-order valence-corrected chi connectivity index (χ4v) is 5.39. The van der Waals surface area contributed by atoms with Crippen LogP contribution in [0.1, 0.15) is 38.7 Å². The van der Waals surface area contributed by atoms with Crippen LogP contribution in [0.15, 0.2) is 36.5 Å². The molecule has 2 aliphatic rings. The van der Waals surface area contributed by atoms with Crippen LogP contribution in [0.4, 0.5) is 33.3 Å². The van der Waals surface area contributed by atoms with Gasteiger partial charge in [0.1, 0.15) is 5.82 Å². The van der Waals surface area contributed by atoms with E-state index in [0.29, 0.717) is 61.5 Å². The Morgan fingerprint density at radius 3 is 2.40 bits per heavy atom. The Hall–Kier alpha value is -3.75. The molecule has 9 nitrogen and oxygen atoms in total. The predicted molar refractivity (Wildman–Crippen MR) is 148 cm³/mol. The zero-order valence-electron chi connectivity index (χ0n) is 22.8. The van der Waals surface area contributed by atoms with Crippen molar-refractivity contribution in [1.29, 1.82) is 0 Å². The van der Waals surface area contributed by atoms with Gasteiger partial charge in [-0.2, -0.15) is 13.2 Å². The van der Waals surface area contributed by atoms with E-state index < -0.39 is 41.7 Å². The highest BCUT2D eigenvalue weighted by atomic mass is 35.5. The number of hydrogen-bond acceptors (Lipinski definition) is 6. The van der Waals surface area contributed by atoms with Gasteiger partial charge >= 0.3 is 12.1 Å². The number of carboxylic acids is 1. The quantitative estimate of drug-likeness (QED) is 0.345. The first-order chi connectivity index (χ1) is 20.4. The molecule has 43 heavy (non-hydrogen) atoms. The SMILES string of the molecule is O=C(O)c1cn2c(n1)CN(Cc1ccc(C(=O)Nc3ccc(Cl)cc3N3CCN(CCC(F)(F)F)CC3)c(F)c1F)CC2. The van der Waals surface area contributed by atoms with Crippen LogP contribution >= 0.6 is 11.6 Å². The largest absolute Gasteiger partial charge is 0.476 e. The minimum atomic E-state index is -4.24. The van der Waals surface area contributed by atoms with Gasteiger partial charge in [-0.1, -0.05) is 17.7 Å². The minimum absolute atomic E-state index is 0.0240. The van der Waals surface area contributed by atoms with Gasteiger partial charge in [-0.3, -0.25) is 14.6 Å². The van der Waals surface area contributed by atoms with Gasteiger partial charge in [0.25, 0.3) is 5.91 Å². The maximum atomic E-state index is 15.2. The molecule has 230 valence electrons. The van der Waals surface area contributed by atoms with Crippen molar-refractivity contribution in [1.82, 2.24) is 19.4 Å². The van der Waals surface area contributed by atoms with Crippen molar-refractivity contribution in [2.75, 3.05) is 49.5 Å². The second kappa shape index (κ2) is 12.5. The maximum Gasteiger partial charge on any atom is 0.390 e. The molecule has 0 spiro atoms. The van der Waals surface area contributed by atoms with E-state index in [-0.39, 0.29) is 30.9 Å². The Labute approximate surface area is 248 Å². The first kappa shape index (κ1) is 30.7. The molecule has 1 fully saturated rings. The summed E-state index contributed by atoms with van der Waals surface area (Å²) in [5.74, 6) is -4.00. The molecular weight excluding hydrogens is 599 g/mol. The monoisotopic (exact) mass is 626 g/mol. The summed E-state index contributed by atoms with van der Waals surface area (Å²) >= 11 is 6.18. The molecule has 0 atom stereocenters. The molecule has 0 bridgehead atoms. The summed E-state index contributed by atoms with van der Waals surface area (Å²) in [6, 6.07) is 7.20. The van der Waals surface area contributed by atoms with Gasteiger partial charge in [-0.05, 0) is 24.3 Å². The summed E-state index contributed by atoms with van der Waals surface area (Å²) in [7, 11) is 0. The second-order valence-electron chi connectivity index (χ2n) is 10.5. The molecule has 0 aliphatic carbocycles. The number of alkyl halides is 3. The van der Waals surface area contributed by atoms with Crippen LogP contribution in [-0.2, 0) is 19.6 Å². The third-order valence-electron chi connectivity index (χ3n) is 7.53. The summed E-state index contributed by atoms with van der Waals surface area (Å²) in [4.78, 5) is 33.7. The summed E-state index contributed by atoms with van der Waals surface area (Å²) < 4.78 is 69.8. The standard InChI is InChI=1S/C28H28ClF5N6O3/c29-18-2-4-20(22(13-18)39-10-7-37(8-11-39)6-5-28(32,33)34)36-26(41)19-3-1-17(24(30)25(19)31)14-38-9-12-40-15-21(27(42)43)35-23(40)16-38/h1-4,13,15H,5-12,14,16H2,(H,36,41)(H,42,43). The van der Waals surface area contributed by atoms with Crippen LogP contribution in [0.2, 0.25) is 5.02 Å². The van der Waals surface area contributed by atoms with Crippen molar-refractivity contribution in [2.45, 2.75) is 32.2 Å². The zero-order valence-corrected chi connectivity index (χ0v) is 23.6. The number of carbonyl (C=O) groups is 2. The van der Waals surface area contributed by atoms with E-state index in [4.69, 9.17) is 16.7 Å². The Kier molecular flexibility index (Phi) is 8.90. The van der Waals surface area contributed by atoms with E-state index >= 15 is 8.78 Å². The first-order valence-electron chi connectivity index (χ1n) is 13.5. The second-order valence-corrected chi connectivity index (χ2v) is 10.9. The van der Waals surface area contributed by atoms with E-state index in [1.807, 2.05) is 4.90 Å². The number of piperazine rings is 1. The number of carbonyl (C=O) groups excluding carboxylic acids is 1. The van der Waals surface area contributed by atoms with Gasteiger partial charge in [-0.25, -0.2) is 18.6 Å². The molecule has 1 amide bonds. The highest BCUT2D eigenvalue weighted by molar-refractivity contribution is 6.31. The van der Waals surface area contributed by atoms with Crippen molar-refractivity contribution in [3.63, 3.8) is 0 Å². The molecule has 5 rings (SSSR count). The third kappa shape index (κ3) is 7.25. The fraction of sp³-hybridized carbons (Fsp3) is 0.393. The first-order valence-corrected chi connectivity index (χ1v) is 13.9. The molecule has 15 heteroatoms. The number of benzene rings is 2. The predicted octanol–water partition coefficient (Wildman–Crippen LogP) is 4.86. The lowest BCUT2D eigenvalue weighted by molar-refractivity contribution is -0.138. The number of carboxylic acid groups (broad SMARTS) is 1. The van der Waals surface area contributed by atoms with Crippen molar-refractivity contribution >= 4 is 34.9 Å². The number of aromatic nitrogens is 2. The van der Waals surface area contributed by atoms with E-state index in [2.05, 4.69) is 10.3 Å². The Bertz CT molecular complexity index is 1520. The molecule has 1 saturated heterocycles. The molecule has 2 aromatic carbocycles. The number of halogens is 6. The highest BCUT2D eigenvalue weighted by Gasteiger charge is 2.30. The van der Waals surface area contributed by atoms with Crippen LogP contribution in [-0.4, -0.2) is 81.8 Å². The number of nitrogens with zero attached hydrogens (tertiary/aromatic N) is 5. The lowest BCUT2D eigenvalue weighted by Gasteiger charge is -2.37. The van der Waals surface area contributed by atoms with E-state index in [9.17, 15) is 22.8 Å². The van der Waals surface area contributed by atoms with Crippen LogP contribution in [0.5, 0.6) is 0 Å². The van der Waals surface area contributed by atoms with Gasteiger partial charge in [0.2, 0.25) is 0 Å². The lowest BCUT2D eigenvalue weighted by Crippen LogP contribution is -2.47. The van der Waals surface area contributed by atoms with Crippen LogP contribution in [0.25, 0.3) is 0 Å². The smallest absolute Gasteiger partial charge is 0.390 e. The number of fused-ring (bicyclic) bond motifs is 1. The van der Waals surface area contributed by atoms with Crippen molar-refractivity contribution in [2.24, 2.45) is 0 Å². The van der Waals surface area contributed by atoms with E-state index in [0.717, 1.165) is 0 Å². The Balaban J connectivity index is 1.25. The summed E-state index contributed by atoms with van der Waals surface area (Å²) in [6.45, 7) is 2.57. The number of aromatic carboxylic acids is 1. The highest BCUT2D eigenvalue weighted by Crippen LogP contribution is 2.32. The third-order valence-corrected chi connectivity index (χ3v) is 7.77. The molecule has 1 aromatic heterocycles. The molecule has 0 saturated carbocycles. The number of nitrogens with one attached hydrogen (secondary N) is 1. The van der Waals surface area contributed by atoms with Crippen LogP contribution in [0.3, 0.4) is 0 Å². The normalized spacial score (nSPS) is 16.3. The average molecular weight is 627 g/mol. The molecule has 3 heterocycles. The number of anilines is 2. The molecular formula is C28H28ClF5N6O3. The summed E-state index contributed by atoms with van der Waals surface area (Å²) in [5, 5.41) is 12.1. The molecule has 3 aromatic rings. The average Bonchev–Trinajstić information content (AvgIpc) is 3.39. The van der Waals surface area contributed by atoms with Crippen molar-refractivity contribution in [3.8, 4) is 0 Å². The van der Waals surface area contributed by atoms with Gasteiger partial charge in [0.15, 0.2) is 17.3 Å². The lowest BCUT2D eigenvalue weighted by atomic mass is 10.1. The fourth-order valence-electron chi connectivity index (χ4n) is 5.23. The van der Waals surface area contributed by atoms with Gasteiger partial charge in [0, 0.05) is 69.1 Å². The Morgan fingerprint density at radius 1 is 0.977 bits per heavy atom. The number of hydrogen-bond donors (Lipinski definition) is 2. The topological polar surface area (TPSA) is 93.9 Å².